The second-order valence-electron chi connectivity index (χ2n) is 0.204. The molecule has 0 fully saturated rings. The quantitative estimate of drug-likeness (QED) is 0.378. The Morgan fingerprint density at radius 1 is 1.60 bits per heavy atom. The molecule has 0 saturated heterocycles. The molecule has 1 radical (unpaired) electrons. The average molecular weight is 128 g/mol. The Bertz CT molecular complexity index is 9.61. The molecule has 0 saturated carbocycles. The zero-order valence-corrected chi connectivity index (χ0v) is 5.63. The third-order valence-corrected chi connectivity index (χ3v) is 0. The Hall–Kier alpha value is 0.974. The summed E-state index contributed by atoms with van der Waals surface area (Å²) >= 11 is 0. The van der Waals surface area contributed by atoms with E-state index in [1.54, 1.807) is 0 Å². The molecule has 0 aliphatic heterocycles. The summed E-state index contributed by atoms with van der Waals surface area (Å²) in [5.41, 5.74) is 4.76. The fraction of sp³-hybridized carbons (Fsp3) is 0. The fourth-order valence-electron chi connectivity index (χ4n) is 0. The van der Waals surface area contributed by atoms with Crippen LogP contribution in [0.25, 0.3) is 0 Å². The van der Waals surface area contributed by atoms with Gasteiger partial charge in [0.05, 0.1) is 0 Å². The van der Waals surface area contributed by atoms with Gasteiger partial charge in [-0.05, 0) is 0 Å². The third-order valence-electron chi connectivity index (χ3n) is 0. The first-order valence-corrected chi connectivity index (χ1v) is 1.93. The maximum Gasteiger partial charge on any atom is 2.00 e. The Morgan fingerprint density at radius 2 is 1.60 bits per heavy atom. The minimum atomic E-state index is 0. The molecule has 0 aromatic rings. The Balaban J connectivity index is -0.0000000200. The number of hydrogen-bond donors (Lipinski definition) is 1. The monoisotopic (exact) mass is 128 g/mol. The molecule has 0 aromatic heterocycles. The molecule has 0 aromatic carbocycles. The van der Waals surface area contributed by atoms with E-state index in [2.05, 4.69) is 6.66 Å². The van der Waals surface area contributed by atoms with Gasteiger partial charge in [0.2, 0.25) is 0 Å². The van der Waals surface area contributed by atoms with Gasteiger partial charge in [0, 0.05) is 0 Å². The van der Waals surface area contributed by atoms with Crippen molar-refractivity contribution < 1.29 is 18.6 Å². The van der Waals surface area contributed by atoms with Crippen LogP contribution in [0, 0.1) is 14.1 Å². The summed E-state index contributed by atoms with van der Waals surface area (Å²) in [5.74, 6) is 0. The first-order valence-electron chi connectivity index (χ1n) is 0.642. The maximum atomic E-state index is 4.76. The van der Waals surface area contributed by atoms with E-state index in [0.717, 1.165) is 0 Å². The molecule has 0 aliphatic carbocycles. The van der Waals surface area contributed by atoms with Crippen molar-refractivity contribution in [2.45, 2.75) is 0 Å². The van der Waals surface area contributed by atoms with Gasteiger partial charge in [-0.15, -0.1) is 0 Å². The first-order chi connectivity index (χ1) is 1.41. The van der Waals surface area contributed by atoms with Crippen molar-refractivity contribution in [3.8, 4) is 0 Å². The Labute approximate surface area is 47.4 Å². The molecule has 1 atom stereocenters. The zero-order chi connectivity index (χ0) is 2.71. The molecular formula is C2H8NPV. The van der Waals surface area contributed by atoms with E-state index in [4.69, 9.17) is 5.50 Å². The molecule has 0 aliphatic rings. The van der Waals surface area contributed by atoms with Crippen molar-refractivity contribution in [1.82, 2.24) is 0 Å². The van der Waals surface area contributed by atoms with E-state index in [1.165, 1.54) is 0 Å². The number of hydrogen-bond acceptors (Lipinski definition) is 1. The van der Waals surface area contributed by atoms with Crippen LogP contribution < -0.4 is 5.50 Å². The molecule has 1 nitrogen and oxygen atoms in total. The summed E-state index contributed by atoms with van der Waals surface area (Å²) in [5, 5.41) is 0. The van der Waals surface area contributed by atoms with Crippen molar-refractivity contribution in [2.75, 3.05) is 0 Å². The van der Waals surface area contributed by atoms with E-state index in [9.17, 15) is 0 Å². The van der Waals surface area contributed by atoms with Crippen LogP contribution in [0.15, 0.2) is 0 Å². The molecule has 0 amide bonds. The van der Waals surface area contributed by atoms with Crippen LogP contribution in [0.4, 0.5) is 0 Å². The normalized spacial score (nSPS) is 6.00. The van der Waals surface area contributed by atoms with Crippen molar-refractivity contribution in [1.29, 1.82) is 0 Å². The maximum absolute atomic E-state index is 4.76. The van der Waals surface area contributed by atoms with Crippen LogP contribution in [0.3, 0.4) is 0 Å². The van der Waals surface area contributed by atoms with Crippen molar-refractivity contribution in [2.24, 2.45) is 5.50 Å². The summed E-state index contributed by atoms with van der Waals surface area (Å²) in [6.45, 7) is 3.29. The largest absolute Gasteiger partial charge is 2.00 e. The smallest absolute Gasteiger partial charge is 0.358 e. The second kappa shape index (κ2) is 20.2. The van der Waals surface area contributed by atoms with E-state index in [0.29, 0.717) is 8.73 Å². The second-order valence-corrected chi connectivity index (χ2v) is 0.612. The molecule has 31 valence electrons. The summed E-state index contributed by atoms with van der Waals surface area (Å²) in [7, 11) is 0.333. The van der Waals surface area contributed by atoms with E-state index >= 15 is 0 Å². The predicted octanol–water partition coefficient (Wildman–Crippen LogP) is 0.778. The van der Waals surface area contributed by atoms with Crippen LogP contribution in [0.2, 0.25) is 0 Å². The van der Waals surface area contributed by atoms with Gasteiger partial charge in [0.25, 0.3) is 0 Å². The van der Waals surface area contributed by atoms with Crippen molar-refractivity contribution in [3.63, 3.8) is 0 Å². The van der Waals surface area contributed by atoms with Crippen LogP contribution in [-0.2, 0) is 18.6 Å². The average Bonchev–Trinajstić information content (AvgIpc) is 0.918. The van der Waals surface area contributed by atoms with Gasteiger partial charge in [-0.25, -0.2) is 8.73 Å². The van der Waals surface area contributed by atoms with Gasteiger partial charge in [-0.3, -0.25) is 0 Å². The van der Waals surface area contributed by atoms with Gasteiger partial charge in [-0.1, -0.05) is 0 Å². The van der Waals surface area contributed by atoms with Gasteiger partial charge in [-0.2, -0.15) is 0 Å². The Morgan fingerprint density at radius 3 is 1.60 bits per heavy atom. The van der Waals surface area contributed by atoms with Crippen molar-refractivity contribution in [3.05, 3.63) is 14.1 Å². The topological polar surface area (TPSA) is 26.0 Å². The van der Waals surface area contributed by atoms with E-state index in [-0.39, 0.29) is 26.0 Å². The van der Waals surface area contributed by atoms with Gasteiger partial charge in [0.15, 0.2) is 0 Å². The molecule has 0 heterocycles. The van der Waals surface area contributed by atoms with Gasteiger partial charge >= 0.3 is 18.6 Å². The van der Waals surface area contributed by atoms with Gasteiger partial charge < -0.3 is 19.6 Å². The van der Waals surface area contributed by atoms with Gasteiger partial charge in [0.1, 0.15) is 0 Å². The Kier molecular flexibility index (Phi) is 67.4. The van der Waals surface area contributed by atoms with E-state index in [1.807, 2.05) is 0 Å². The summed E-state index contributed by atoms with van der Waals surface area (Å²) in [6, 6.07) is 0. The summed E-state index contributed by atoms with van der Waals surface area (Å²) in [4.78, 5) is 0. The molecule has 2 N–H and O–H groups in total. The molecule has 5 heavy (non-hydrogen) atoms. The van der Waals surface area contributed by atoms with E-state index < -0.39 is 0 Å². The molecular weight excluding hydrogens is 120 g/mol. The standard InChI is InChI=1S/CH5NP.CH3.V/c1-3-2;;/h3H,1-2H2;1H3;/q2*-1;+2. The molecule has 0 spiro atoms. The van der Waals surface area contributed by atoms with Crippen LogP contribution >= 0.6 is 8.73 Å². The minimum absolute atomic E-state index is 0. The zero-order valence-electron chi connectivity index (χ0n) is 3.23. The fourth-order valence-corrected chi connectivity index (χ4v) is 0. The van der Waals surface area contributed by atoms with Crippen LogP contribution in [0.1, 0.15) is 0 Å². The minimum Gasteiger partial charge on any atom is -0.358 e. The summed E-state index contributed by atoms with van der Waals surface area (Å²) in [6.07, 6.45) is 0. The number of nitrogens with two attached hydrogens (primary N) is 1. The molecule has 0 rings (SSSR count). The van der Waals surface area contributed by atoms with Crippen molar-refractivity contribution >= 4 is 8.73 Å². The molecule has 0 bridgehead atoms. The van der Waals surface area contributed by atoms with Crippen LogP contribution in [-0.4, -0.2) is 0 Å². The van der Waals surface area contributed by atoms with Crippen LogP contribution in [0.5, 0.6) is 0 Å². The molecule has 3 heteroatoms. The number of rotatable bonds is 0. The predicted molar refractivity (Wildman–Crippen MR) is 24.3 cm³/mol. The first kappa shape index (κ1) is 16.7. The molecule has 1 unspecified atom stereocenters. The SMILES string of the molecule is [CH2-]PN.[CH3-].[V+2]. The summed E-state index contributed by atoms with van der Waals surface area (Å²) < 4.78 is 0. The third kappa shape index (κ3) is 46.4.